The van der Waals surface area contributed by atoms with Gasteiger partial charge in [0.25, 0.3) is 5.91 Å². The van der Waals surface area contributed by atoms with Gasteiger partial charge in [0.05, 0.1) is 18.1 Å². The van der Waals surface area contributed by atoms with Crippen LogP contribution in [0.25, 0.3) is 0 Å². The molecule has 3 amide bonds. The molecule has 27 heavy (non-hydrogen) atoms. The van der Waals surface area contributed by atoms with Crippen LogP contribution in [0, 0.1) is 0 Å². The molecule has 1 unspecified atom stereocenters. The zero-order valence-electron chi connectivity index (χ0n) is 14.6. The Kier molecular flexibility index (Phi) is 5.39. The van der Waals surface area contributed by atoms with Crippen molar-refractivity contribution in [3.8, 4) is 5.75 Å². The number of nitrogens with zero attached hydrogens (tertiary/aromatic N) is 1. The van der Waals surface area contributed by atoms with Gasteiger partial charge in [-0.05, 0) is 58.7 Å². The van der Waals surface area contributed by atoms with Crippen molar-refractivity contribution in [1.29, 1.82) is 0 Å². The first-order chi connectivity index (χ1) is 12.8. The van der Waals surface area contributed by atoms with Gasteiger partial charge in [0, 0.05) is 10.0 Å². The van der Waals surface area contributed by atoms with Crippen LogP contribution in [0.2, 0.25) is 0 Å². The van der Waals surface area contributed by atoms with Gasteiger partial charge < -0.3 is 10.1 Å². The lowest BCUT2D eigenvalue weighted by Gasteiger charge is -2.22. The SMILES string of the molecule is COc1ccc(C(=O)CN2C(=O)NC(C)(c3cccc(Br)c3)C2=O)cc1Br. The van der Waals surface area contributed by atoms with E-state index in [1.54, 1.807) is 43.3 Å². The van der Waals surface area contributed by atoms with Crippen LogP contribution < -0.4 is 10.1 Å². The molecule has 0 spiro atoms. The van der Waals surface area contributed by atoms with Crippen molar-refractivity contribution < 1.29 is 19.1 Å². The Labute approximate surface area is 173 Å². The number of carbonyl (C=O) groups excluding carboxylic acids is 3. The van der Waals surface area contributed by atoms with Crippen LogP contribution in [-0.4, -0.2) is 36.3 Å². The van der Waals surface area contributed by atoms with Gasteiger partial charge in [-0.2, -0.15) is 0 Å². The van der Waals surface area contributed by atoms with Gasteiger partial charge in [-0.15, -0.1) is 0 Å². The lowest BCUT2D eigenvalue weighted by atomic mass is 9.92. The molecule has 1 saturated heterocycles. The Morgan fingerprint density at radius 1 is 1.19 bits per heavy atom. The summed E-state index contributed by atoms with van der Waals surface area (Å²) in [5.41, 5.74) is -0.210. The summed E-state index contributed by atoms with van der Waals surface area (Å²) in [5, 5.41) is 2.70. The van der Waals surface area contributed by atoms with E-state index in [1.165, 1.54) is 7.11 Å². The summed E-state index contributed by atoms with van der Waals surface area (Å²) in [4.78, 5) is 38.9. The van der Waals surface area contributed by atoms with Gasteiger partial charge in [-0.3, -0.25) is 14.5 Å². The number of methoxy groups -OCH3 is 1. The molecule has 1 aliphatic heterocycles. The summed E-state index contributed by atoms with van der Waals surface area (Å²) >= 11 is 6.69. The van der Waals surface area contributed by atoms with E-state index in [1.807, 2.05) is 6.07 Å². The maximum Gasteiger partial charge on any atom is 0.325 e. The third-order valence-corrected chi connectivity index (χ3v) is 5.57. The van der Waals surface area contributed by atoms with E-state index in [0.717, 1.165) is 9.37 Å². The number of hydrogen-bond acceptors (Lipinski definition) is 4. The van der Waals surface area contributed by atoms with Crippen LogP contribution in [0.1, 0.15) is 22.8 Å². The summed E-state index contributed by atoms with van der Waals surface area (Å²) in [6, 6.07) is 11.4. The highest BCUT2D eigenvalue weighted by atomic mass is 79.9. The molecule has 0 bridgehead atoms. The van der Waals surface area contributed by atoms with Gasteiger partial charge in [0.2, 0.25) is 0 Å². The second kappa shape index (κ2) is 7.44. The number of ketones is 1. The molecule has 6 nitrogen and oxygen atoms in total. The molecular formula is C19H16Br2N2O4. The van der Waals surface area contributed by atoms with Gasteiger partial charge in [-0.1, -0.05) is 28.1 Å². The lowest BCUT2D eigenvalue weighted by molar-refractivity contribution is -0.130. The summed E-state index contributed by atoms with van der Waals surface area (Å²) < 4.78 is 6.55. The quantitative estimate of drug-likeness (QED) is 0.504. The zero-order valence-corrected chi connectivity index (χ0v) is 17.8. The number of halogens is 2. The Balaban J connectivity index is 1.83. The summed E-state index contributed by atoms with van der Waals surface area (Å²) in [5.74, 6) is -0.226. The minimum absolute atomic E-state index is 0.340. The van der Waals surface area contributed by atoms with E-state index >= 15 is 0 Å². The summed E-state index contributed by atoms with van der Waals surface area (Å²) in [7, 11) is 1.53. The highest BCUT2D eigenvalue weighted by molar-refractivity contribution is 9.10. The number of amides is 3. The van der Waals surface area contributed by atoms with E-state index in [-0.39, 0.29) is 12.3 Å². The van der Waals surface area contributed by atoms with Crippen LogP contribution in [0.4, 0.5) is 4.79 Å². The van der Waals surface area contributed by atoms with Crippen LogP contribution >= 0.6 is 31.9 Å². The van der Waals surface area contributed by atoms with Gasteiger partial charge >= 0.3 is 6.03 Å². The number of Topliss-reactive ketones (excluding diaryl/α,β-unsaturated/α-hetero) is 1. The number of urea groups is 1. The van der Waals surface area contributed by atoms with E-state index in [4.69, 9.17) is 4.74 Å². The number of ether oxygens (including phenoxy) is 1. The maximum absolute atomic E-state index is 12.9. The Bertz CT molecular complexity index is 947. The van der Waals surface area contributed by atoms with Crippen LogP contribution in [-0.2, 0) is 10.3 Å². The number of hydrogen-bond donors (Lipinski definition) is 1. The predicted molar refractivity (Wildman–Crippen MR) is 107 cm³/mol. The van der Waals surface area contributed by atoms with Crippen molar-refractivity contribution >= 4 is 49.6 Å². The highest BCUT2D eigenvalue weighted by Crippen LogP contribution is 2.31. The molecule has 0 aromatic heterocycles. The minimum Gasteiger partial charge on any atom is -0.496 e. The first-order valence-electron chi connectivity index (χ1n) is 8.03. The molecular weight excluding hydrogens is 480 g/mol. The smallest absolute Gasteiger partial charge is 0.325 e. The number of nitrogens with one attached hydrogen (secondary N) is 1. The molecule has 1 heterocycles. The van der Waals surface area contributed by atoms with Crippen molar-refractivity contribution in [3.63, 3.8) is 0 Å². The molecule has 1 fully saturated rings. The third kappa shape index (κ3) is 3.64. The average Bonchev–Trinajstić information content (AvgIpc) is 2.85. The predicted octanol–water partition coefficient (Wildman–Crippen LogP) is 3.87. The molecule has 0 saturated carbocycles. The molecule has 140 valence electrons. The van der Waals surface area contributed by atoms with Gasteiger partial charge in [0.15, 0.2) is 5.78 Å². The summed E-state index contributed by atoms with van der Waals surface area (Å²) in [6.07, 6.45) is 0. The number of rotatable bonds is 5. The first-order valence-corrected chi connectivity index (χ1v) is 9.62. The molecule has 3 rings (SSSR count). The lowest BCUT2D eigenvalue weighted by Crippen LogP contribution is -2.41. The van der Waals surface area contributed by atoms with Crippen molar-refractivity contribution in [2.24, 2.45) is 0 Å². The summed E-state index contributed by atoms with van der Waals surface area (Å²) in [6.45, 7) is 1.29. The topological polar surface area (TPSA) is 75.7 Å². The van der Waals surface area contributed by atoms with E-state index < -0.39 is 17.5 Å². The molecule has 8 heteroatoms. The molecule has 1 aliphatic rings. The molecule has 1 N–H and O–H groups in total. The average molecular weight is 496 g/mol. The van der Waals surface area contributed by atoms with E-state index in [0.29, 0.717) is 21.3 Å². The second-order valence-electron chi connectivity index (χ2n) is 6.23. The molecule has 0 aliphatic carbocycles. The van der Waals surface area contributed by atoms with E-state index in [9.17, 15) is 14.4 Å². The fraction of sp³-hybridized carbons (Fsp3) is 0.211. The molecule has 2 aromatic rings. The van der Waals surface area contributed by atoms with Crippen molar-refractivity contribution in [1.82, 2.24) is 10.2 Å². The highest BCUT2D eigenvalue weighted by Gasteiger charge is 2.49. The monoisotopic (exact) mass is 494 g/mol. The zero-order chi connectivity index (χ0) is 19.8. The number of imide groups is 1. The van der Waals surface area contributed by atoms with Crippen molar-refractivity contribution in [3.05, 3.63) is 62.5 Å². The third-order valence-electron chi connectivity index (χ3n) is 4.45. The molecule has 1 atom stereocenters. The maximum atomic E-state index is 12.9. The van der Waals surface area contributed by atoms with Crippen LogP contribution in [0.15, 0.2) is 51.4 Å². The Hall–Kier alpha value is -2.19. The Morgan fingerprint density at radius 3 is 2.56 bits per heavy atom. The fourth-order valence-corrected chi connectivity index (χ4v) is 3.85. The minimum atomic E-state index is -1.22. The van der Waals surface area contributed by atoms with Crippen LogP contribution in [0.5, 0.6) is 5.75 Å². The van der Waals surface area contributed by atoms with Crippen molar-refractivity contribution in [2.45, 2.75) is 12.5 Å². The van der Waals surface area contributed by atoms with Gasteiger partial charge in [0.1, 0.15) is 11.3 Å². The van der Waals surface area contributed by atoms with Gasteiger partial charge in [-0.25, -0.2) is 4.79 Å². The molecule has 2 aromatic carbocycles. The normalized spacial score (nSPS) is 19.2. The number of carbonyl (C=O) groups is 3. The standard InChI is InChI=1S/C19H16Br2N2O4/c1-19(12-4-3-5-13(20)9-12)17(25)23(18(26)22-19)10-15(24)11-6-7-16(27-2)14(21)8-11/h3-9H,10H2,1-2H3,(H,22,26). The largest absolute Gasteiger partial charge is 0.496 e. The first kappa shape index (κ1) is 19.6. The molecule has 0 radical (unpaired) electrons. The fourth-order valence-electron chi connectivity index (χ4n) is 2.91. The second-order valence-corrected chi connectivity index (χ2v) is 8.00. The van der Waals surface area contributed by atoms with Crippen LogP contribution in [0.3, 0.4) is 0 Å². The Morgan fingerprint density at radius 2 is 1.93 bits per heavy atom. The van der Waals surface area contributed by atoms with Crippen molar-refractivity contribution in [2.75, 3.05) is 13.7 Å². The van der Waals surface area contributed by atoms with E-state index in [2.05, 4.69) is 37.2 Å². The number of benzene rings is 2.